The van der Waals surface area contributed by atoms with Crippen molar-refractivity contribution in [1.82, 2.24) is 15.3 Å². The van der Waals surface area contributed by atoms with Crippen LogP contribution in [0.25, 0.3) is 11.0 Å². The van der Waals surface area contributed by atoms with Crippen LogP contribution in [0, 0.1) is 17.2 Å². The summed E-state index contributed by atoms with van der Waals surface area (Å²) in [6, 6.07) is 18.8. The number of hydrogen-bond acceptors (Lipinski definition) is 9. The predicted octanol–water partition coefficient (Wildman–Crippen LogP) is 5.01. The van der Waals surface area contributed by atoms with Gasteiger partial charge in [0.2, 0.25) is 0 Å². The second-order valence-corrected chi connectivity index (χ2v) is 9.79. The van der Waals surface area contributed by atoms with Crippen LogP contribution in [0.15, 0.2) is 60.8 Å². The number of aliphatic carboxylic acids is 1. The number of rotatable bonds is 10. The maximum Gasteiger partial charge on any atom is 0.312 e. The number of anilines is 2. The van der Waals surface area contributed by atoms with Gasteiger partial charge in [0, 0.05) is 11.8 Å². The number of hydrogen-bond donors (Lipinski definition) is 3. The number of methoxy groups -OCH3 is 2. The number of benzene rings is 3. The van der Waals surface area contributed by atoms with Gasteiger partial charge >= 0.3 is 5.97 Å². The lowest BCUT2D eigenvalue weighted by Crippen LogP contribution is -2.34. The summed E-state index contributed by atoms with van der Waals surface area (Å²) < 4.78 is 16.7. The largest absolute Gasteiger partial charge is 0.497 e. The lowest BCUT2D eigenvalue weighted by Gasteiger charge is -2.27. The fourth-order valence-corrected chi connectivity index (χ4v) is 5.11. The van der Waals surface area contributed by atoms with E-state index in [1.165, 1.54) is 6.20 Å². The molecule has 1 aliphatic heterocycles. The quantitative estimate of drug-likeness (QED) is 0.246. The summed E-state index contributed by atoms with van der Waals surface area (Å²) in [7, 11) is 3.19. The van der Waals surface area contributed by atoms with Gasteiger partial charge in [-0.3, -0.25) is 9.78 Å². The van der Waals surface area contributed by atoms with Crippen molar-refractivity contribution >= 4 is 28.4 Å². The van der Waals surface area contributed by atoms with Crippen LogP contribution in [-0.4, -0.2) is 48.4 Å². The predicted molar refractivity (Wildman–Crippen MR) is 154 cm³/mol. The number of nitrogens with one attached hydrogen (secondary N) is 2. The van der Waals surface area contributed by atoms with Gasteiger partial charge in [0.25, 0.3) is 0 Å². The summed E-state index contributed by atoms with van der Waals surface area (Å²) >= 11 is 0. The number of aromatic nitrogens is 2. The van der Waals surface area contributed by atoms with Gasteiger partial charge in [0.05, 0.1) is 37.3 Å². The van der Waals surface area contributed by atoms with E-state index in [4.69, 9.17) is 14.2 Å². The first-order valence-corrected chi connectivity index (χ1v) is 13.3. The zero-order valence-electron chi connectivity index (χ0n) is 22.9. The van der Waals surface area contributed by atoms with Gasteiger partial charge in [-0.2, -0.15) is 5.26 Å². The van der Waals surface area contributed by atoms with E-state index in [1.807, 2.05) is 30.3 Å². The van der Waals surface area contributed by atoms with E-state index >= 15 is 0 Å². The van der Waals surface area contributed by atoms with Crippen molar-refractivity contribution in [2.45, 2.75) is 25.4 Å². The zero-order chi connectivity index (χ0) is 28.8. The molecule has 0 amide bonds. The van der Waals surface area contributed by atoms with Gasteiger partial charge in [0.1, 0.15) is 35.4 Å². The summed E-state index contributed by atoms with van der Waals surface area (Å²) in [6.45, 7) is 1.88. The van der Waals surface area contributed by atoms with Crippen molar-refractivity contribution in [2.75, 3.05) is 32.6 Å². The monoisotopic (exact) mass is 553 g/mol. The Hall–Kier alpha value is -4.88. The highest BCUT2D eigenvalue weighted by Crippen LogP contribution is 2.35. The molecule has 1 unspecified atom stereocenters. The van der Waals surface area contributed by atoms with Crippen molar-refractivity contribution in [2.24, 2.45) is 5.92 Å². The molecule has 0 aliphatic carbocycles. The van der Waals surface area contributed by atoms with E-state index in [0.717, 1.165) is 37.2 Å². The third-order valence-electron chi connectivity index (χ3n) is 7.28. The van der Waals surface area contributed by atoms with Crippen LogP contribution < -0.4 is 24.8 Å². The summed E-state index contributed by atoms with van der Waals surface area (Å²) in [5.74, 6) is 0.104. The van der Waals surface area contributed by atoms with Crippen LogP contribution in [-0.2, 0) is 11.4 Å². The van der Waals surface area contributed by atoms with Crippen LogP contribution in [0.2, 0.25) is 0 Å². The minimum absolute atomic E-state index is 0.0507. The van der Waals surface area contributed by atoms with E-state index in [0.29, 0.717) is 46.2 Å². The smallest absolute Gasteiger partial charge is 0.312 e. The number of carboxylic acid groups (broad SMARTS) is 1. The molecule has 1 aliphatic rings. The molecule has 0 bridgehead atoms. The lowest BCUT2D eigenvalue weighted by molar-refractivity contribution is -0.140. The normalized spacial score (nSPS) is 14.2. The standard InChI is InChI=1S/C31H31N5O5/c1-39-22-6-3-19(4-7-22)18-41-27-10-5-21(15-28(27)40-2)35-24-8-9-25-30(23(24)16-32)36-26(17-34-25)29(31(37)38)20-11-13-33-14-12-20/h3-10,15,17,20,29,33,35H,11-14,18H2,1-2H3,(H,37,38). The number of nitriles is 1. The molecule has 1 aromatic heterocycles. The van der Waals surface area contributed by atoms with Crippen molar-refractivity contribution in [3.05, 3.63) is 77.6 Å². The van der Waals surface area contributed by atoms with Gasteiger partial charge in [0.15, 0.2) is 11.5 Å². The number of ether oxygens (including phenoxy) is 3. The molecular weight excluding hydrogens is 522 g/mol. The molecule has 41 heavy (non-hydrogen) atoms. The van der Waals surface area contributed by atoms with Crippen molar-refractivity contribution in [1.29, 1.82) is 5.26 Å². The Balaban J connectivity index is 1.40. The summed E-state index contributed by atoms with van der Waals surface area (Å²) in [4.78, 5) is 21.4. The maximum atomic E-state index is 12.2. The van der Waals surface area contributed by atoms with Crippen LogP contribution in [0.4, 0.5) is 11.4 Å². The fourth-order valence-electron chi connectivity index (χ4n) is 5.11. The number of carbonyl (C=O) groups is 1. The molecule has 0 radical (unpaired) electrons. The van der Waals surface area contributed by atoms with E-state index in [9.17, 15) is 15.2 Å². The van der Waals surface area contributed by atoms with Gasteiger partial charge in [-0.1, -0.05) is 12.1 Å². The molecule has 10 nitrogen and oxygen atoms in total. The number of nitrogens with zero attached hydrogens (tertiary/aromatic N) is 3. The van der Waals surface area contributed by atoms with Gasteiger partial charge in [-0.25, -0.2) is 4.98 Å². The van der Waals surface area contributed by atoms with Crippen LogP contribution in [0.1, 0.15) is 35.6 Å². The number of carboxylic acids is 1. The Labute approximate surface area is 237 Å². The molecule has 0 spiro atoms. The molecule has 0 saturated carbocycles. The average Bonchev–Trinajstić information content (AvgIpc) is 3.01. The van der Waals surface area contributed by atoms with Crippen LogP contribution in [0.5, 0.6) is 17.2 Å². The van der Waals surface area contributed by atoms with Gasteiger partial charge in [-0.05, 0) is 73.8 Å². The van der Waals surface area contributed by atoms with Crippen molar-refractivity contribution in [3.63, 3.8) is 0 Å². The second kappa shape index (κ2) is 12.5. The Morgan fingerprint density at radius 3 is 2.56 bits per heavy atom. The van der Waals surface area contributed by atoms with E-state index in [-0.39, 0.29) is 11.5 Å². The van der Waals surface area contributed by atoms with E-state index in [2.05, 4.69) is 26.7 Å². The van der Waals surface area contributed by atoms with Crippen molar-refractivity contribution in [3.8, 4) is 23.3 Å². The Morgan fingerprint density at radius 1 is 1.10 bits per heavy atom. The molecule has 1 fully saturated rings. The van der Waals surface area contributed by atoms with Gasteiger partial charge < -0.3 is 30.0 Å². The van der Waals surface area contributed by atoms with Crippen molar-refractivity contribution < 1.29 is 24.1 Å². The molecule has 3 N–H and O–H groups in total. The summed E-state index contributed by atoms with van der Waals surface area (Å²) in [5.41, 5.74) is 3.71. The fraction of sp³-hybridized carbons (Fsp3) is 0.290. The SMILES string of the molecule is COc1ccc(COc2ccc(Nc3ccc4ncc(C(C(=O)O)C5CCNCC5)nc4c3C#N)cc2OC)cc1. The number of piperidine rings is 1. The summed E-state index contributed by atoms with van der Waals surface area (Å²) in [6.07, 6.45) is 3.00. The maximum absolute atomic E-state index is 12.2. The Morgan fingerprint density at radius 2 is 1.88 bits per heavy atom. The molecular formula is C31H31N5O5. The third-order valence-corrected chi connectivity index (χ3v) is 7.28. The third kappa shape index (κ3) is 6.15. The van der Waals surface area contributed by atoms with E-state index in [1.54, 1.807) is 38.5 Å². The summed E-state index contributed by atoms with van der Waals surface area (Å²) in [5, 5.41) is 26.7. The second-order valence-electron chi connectivity index (χ2n) is 9.79. The highest BCUT2D eigenvalue weighted by Gasteiger charge is 2.32. The molecule has 4 aromatic rings. The lowest BCUT2D eigenvalue weighted by atomic mass is 9.83. The van der Waals surface area contributed by atoms with Gasteiger partial charge in [-0.15, -0.1) is 0 Å². The highest BCUT2D eigenvalue weighted by atomic mass is 16.5. The van der Waals surface area contributed by atoms with Crippen LogP contribution in [0.3, 0.4) is 0 Å². The first-order valence-electron chi connectivity index (χ1n) is 13.3. The molecule has 10 heteroatoms. The molecule has 5 rings (SSSR count). The molecule has 210 valence electrons. The first-order chi connectivity index (χ1) is 20.0. The molecule has 3 aromatic carbocycles. The van der Waals surface area contributed by atoms with Crippen LogP contribution >= 0.6 is 0 Å². The molecule has 1 atom stereocenters. The minimum atomic E-state index is -0.931. The zero-order valence-corrected chi connectivity index (χ0v) is 22.9. The molecule has 1 saturated heterocycles. The highest BCUT2D eigenvalue weighted by molar-refractivity contribution is 5.89. The topological polar surface area (TPSA) is 139 Å². The average molecular weight is 554 g/mol. The number of fused-ring (bicyclic) bond motifs is 1. The minimum Gasteiger partial charge on any atom is -0.497 e. The Bertz CT molecular complexity index is 1580. The molecule has 2 heterocycles. The Kier molecular flexibility index (Phi) is 8.46. The van der Waals surface area contributed by atoms with E-state index < -0.39 is 11.9 Å². The first kappa shape index (κ1) is 27.7.